The summed E-state index contributed by atoms with van der Waals surface area (Å²) in [6.07, 6.45) is 7.14. The van der Waals surface area contributed by atoms with E-state index in [1.165, 1.54) is 22.3 Å². The molecule has 0 spiro atoms. The van der Waals surface area contributed by atoms with Crippen molar-refractivity contribution in [3.05, 3.63) is 100 Å². The smallest absolute Gasteiger partial charge is 0.407 e. The molecule has 1 fully saturated rings. The number of carboxylic acid groups (broad SMARTS) is 1. The highest BCUT2D eigenvalue weighted by Gasteiger charge is 2.34. The molecule has 0 saturated carbocycles. The van der Waals surface area contributed by atoms with Gasteiger partial charge in [-0.3, -0.25) is 14.8 Å². The normalized spacial score (nSPS) is 21.2. The Hall–Kier alpha value is -3.26. The molecule has 2 aromatic carbocycles. The Labute approximate surface area is 237 Å². The summed E-state index contributed by atoms with van der Waals surface area (Å²) in [6.45, 7) is 4.44. The quantitative estimate of drug-likeness (QED) is 0.402. The van der Waals surface area contributed by atoms with Crippen molar-refractivity contribution in [2.75, 3.05) is 19.8 Å². The van der Waals surface area contributed by atoms with Gasteiger partial charge in [-0.1, -0.05) is 54.6 Å². The van der Waals surface area contributed by atoms with Gasteiger partial charge in [0.25, 0.3) is 0 Å². The molecule has 7 nitrogen and oxygen atoms in total. The summed E-state index contributed by atoms with van der Waals surface area (Å²) in [5, 5.41) is 13.8. The van der Waals surface area contributed by atoms with E-state index >= 15 is 0 Å². The summed E-state index contributed by atoms with van der Waals surface area (Å²) in [4.78, 5) is 21.4. The van der Waals surface area contributed by atoms with Gasteiger partial charge in [0.05, 0.1) is 17.8 Å². The first-order valence-corrected chi connectivity index (χ1v) is 14.8. The minimum absolute atomic E-state index is 0.107. The fourth-order valence-electron chi connectivity index (χ4n) is 6.65. The van der Waals surface area contributed by atoms with Crippen LogP contribution < -0.4 is 5.32 Å². The number of pyridine rings is 1. The third-order valence-electron chi connectivity index (χ3n) is 8.88. The van der Waals surface area contributed by atoms with Gasteiger partial charge >= 0.3 is 6.09 Å². The molecule has 0 bridgehead atoms. The van der Waals surface area contributed by atoms with Crippen LogP contribution in [0.3, 0.4) is 0 Å². The average molecular weight is 541 g/mol. The Kier molecular flexibility index (Phi) is 8.42. The number of benzene rings is 2. The van der Waals surface area contributed by atoms with Crippen LogP contribution in [0.1, 0.15) is 65.2 Å². The maximum Gasteiger partial charge on any atom is 0.407 e. The zero-order chi connectivity index (χ0) is 27.3. The Morgan fingerprint density at radius 3 is 2.52 bits per heavy atom. The summed E-state index contributed by atoms with van der Waals surface area (Å²) in [6, 6.07) is 22.0. The molecule has 2 N–H and O–H groups in total. The van der Waals surface area contributed by atoms with E-state index in [4.69, 9.17) is 9.72 Å². The number of ether oxygens (including phenoxy) is 1. The summed E-state index contributed by atoms with van der Waals surface area (Å²) < 4.78 is 5.48. The molecule has 3 heterocycles. The molecule has 210 valence electrons. The van der Waals surface area contributed by atoms with Gasteiger partial charge in [0.2, 0.25) is 0 Å². The van der Waals surface area contributed by atoms with Gasteiger partial charge in [0.1, 0.15) is 0 Å². The SMILES string of the molecule is O=C(O)N1Cc2ccccc2CC1CN(Cc1ccc(CNC2CCOCC2)cc1)C1CCCc2cccnc21. The summed E-state index contributed by atoms with van der Waals surface area (Å²) >= 11 is 0. The summed E-state index contributed by atoms with van der Waals surface area (Å²) in [5.74, 6) is 0. The minimum atomic E-state index is -0.844. The molecule has 1 aromatic heterocycles. The maximum absolute atomic E-state index is 12.4. The molecule has 3 aromatic rings. The number of rotatable bonds is 8. The van der Waals surface area contributed by atoms with Crippen molar-refractivity contribution < 1.29 is 14.6 Å². The van der Waals surface area contributed by atoms with Crippen molar-refractivity contribution in [3.8, 4) is 0 Å². The topological polar surface area (TPSA) is 77.9 Å². The minimum Gasteiger partial charge on any atom is -0.465 e. The van der Waals surface area contributed by atoms with Crippen molar-refractivity contribution in [3.63, 3.8) is 0 Å². The van der Waals surface area contributed by atoms with E-state index in [-0.39, 0.29) is 12.1 Å². The third-order valence-corrected chi connectivity index (χ3v) is 8.88. The van der Waals surface area contributed by atoms with Gasteiger partial charge in [0, 0.05) is 51.6 Å². The third kappa shape index (κ3) is 6.22. The number of hydrogen-bond acceptors (Lipinski definition) is 5. The van der Waals surface area contributed by atoms with Crippen LogP contribution in [-0.2, 0) is 37.2 Å². The van der Waals surface area contributed by atoms with E-state index in [0.29, 0.717) is 19.1 Å². The first-order valence-electron chi connectivity index (χ1n) is 14.8. The second kappa shape index (κ2) is 12.5. The van der Waals surface area contributed by atoms with E-state index in [9.17, 15) is 9.90 Å². The van der Waals surface area contributed by atoms with Crippen LogP contribution in [0, 0.1) is 0 Å². The second-order valence-electron chi connectivity index (χ2n) is 11.5. The molecule has 2 atom stereocenters. The number of carbonyl (C=O) groups is 1. The molecule has 2 aliphatic heterocycles. The van der Waals surface area contributed by atoms with E-state index in [2.05, 4.69) is 58.7 Å². The highest BCUT2D eigenvalue weighted by Crippen LogP contribution is 2.35. The van der Waals surface area contributed by atoms with Gasteiger partial charge in [-0.15, -0.1) is 0 Å². The first kappa shape index (κ1) is 26.9. The predicted octanol–water partition coefficient (Wildman–Crippen LogP) is 5.33. The lowest BCUT2D eigenvalue weighted by atomic mass is 9.89. The van der Waals surface area contributed by atoms with Crippen molar-refractivity contribution in [2.24, 2.45) is 0 Å². The monoisotopic (exact) mass is 540 g/mol. The lowest BCUT2D eigenvalue weighted by molar-refractivity contribution is 0.0755. The molecule has 6 rings (SSSR count). The van der Waals surface area contributed by atoms with E-state index in [1.807, 2.05) is 18.3 Å². The molecule has 0 radical (unpaired) electrons. The molecular weight excluding hydrogens is 500 g/mol. The van der Waals surface area contributed by atoms with Crippen LogP contribution in [0.5, 0.6) is 0 Å². The van der Waals surface area contributed by atoms with Crippen LogP contribution >= 0.6 is 0 Å². The number of aromatic nitrogens is 1. The fourth-order valence-corrected chi connectivity index (χ4v) is 6.65. The van der Waals surface area contributed by atoms with Gasteiger partial charge < -0.3 is 15.2 Å². The summed E-state index contributed by atoms with van der Waals surface area (Å²) in [5.41, 5.74) is 7.38. The lowest BCUT2D eigenvalue weighted by Crippen LogP contribution is -2.50. The van der Waals surface area contributed by atoms with Crippen molar-refractivity contribution in [1.82, 2.24) is 20.1 Å². The van der Waals surface area contributed by atoms with Crippen molar-refractivity contribution in [2.45, 2.75) is 76.3 Å². The Balaban J connectivity index is 1.22. The highest BCUT2D eigenvalue weighted by molar-refractivity contribution is 5.66. The number of fused-ring (bicyclic) bond motifs is 2. The lowest BCUT2D eigenvalue weighted by Gasteiger charge is -2.41. The zero-order valence-electron chi connectivity index (χ0n) is 23.2. The van der Waals surface area contributed by atoms with Gasteiger partial charge in [-0.25, -0.2) is 4.79 Å². The number of nitrogens with one attached hydrogen (secondary N) is 1. The number of aryl methyl sites for hydroxylation is 1. The van der Waals surface area contributed by atoms with E-state index in [1.54, 1.807) is 4.90 Å². The number of nitrogens with zero attached hydrogens (tertiary/aromatic N) is 3. The molecule has 1 amide bonds. The average Bonchev–Trinajstić information content (AvgIpc) is 3.00. The highest BCUT2D eigenvalue weighted by atomic mass is 16.5. The standard InChI is InChI=1S/C33H40N4O3/c38-33(39)37-22-28-6-2-1-5-27(28)19-30(37)23-36(31-9-3-7-26-8-4-16-34-32(26)31)21-25-12-10-24(11-13-25)20-35-29-14-17-40-18-15-29/h1-2,4-6,8,10-13,16,29-31,35H,3,7,9,14-15,17-23H2,(H,38,39). The maximum atomic E-state index is 12.4. The molecular formula is C33H40N4O3. The van der Waals surface area contributed by atoms with E-state index < -0.39 is 6.09 Å². The molecule has 2 unspecified atom stereocenters. The predicted molar refractivity (Wildman–Crippen MR) is 155 cm³/mol. The fraction of sp³-hybridized carbons (Fsp3) is 0.455. The molecule has 7 heteroatoms. The van der Waals surface area contributed by atoms with Crippen LogP contribution in [0.2, 0.25) is 0 Å². The van der Waals surface area contributed by atoms with Crippen molar-refractivity contribution in [1.29, 1.82) is 0 Å². The largest absolute Gasteiger partial charge is 0.465 e. The van der Waals surface area contributed by atoms with Crippen molar-refractivity contribution >= 4 is 6.09 Å². The Morgan fingerprint density at radius 2 is 1.73 bits per heavy atom. The molecule has 1 aliphatic carbocycles. The van der Waals surface area contributed by atoms with Crippen LogP contribution in [0.15, 0.2) is 66.9 Å². The van der Waals surface area contributed by atoms with Crippen LogP contribution in [-0.4, -0.2) is 57.8 Å². The Bertz CT molecular complexity index is 1290. The molecule has 40 heavy (non-hydrogen) atoms. The van der Waals surface area contributed by atoms with Gasteiger partial charge in [-0.2, -0.15) is 0 Å². The molecule has 3 aliphatic rings. The van der Waals surface area contributed by atoms with Crippen LogP contribution in [0.25, 0.3) is 0 Å². The number of hydrogen-bond donors (Lipinski definition) is 2. The summed E-state index contributed by atoms with van der Waals surface area (Å²) in [7, 11) is 0. The number of amides is 1. The first-order chi connectivity index (χ1) is 19.6. The van der Waals surface area contributed by atoms with Crippen LogP contribution in [0.4, 0.5) is 4.79 Å². The van der Waals surface area contributed by atoms with E-state index in [0.717, 1.165) is 76.1 Å². The molecule has 1 saturated heterocycles. The second-order valence-corrected chi connectivity index (χ2v) is 11.5. The Morgan fingerprint density at radius 1 is 0.975 bits per heavy atom. The van der Waals surface area contributed by atoms with Gasteiger partial charge in [-0.05, 0) is 72.4 Å². The van der Waals surface area contributed by atoms with Gasteiger partial charge in [0.15, 0.2) is 0 Å². The zero-order valence-corrected chi connectivity index (χ0v) is 23.2.